The summed E-state index contributed by atoms with van der Waals surface area (Å²) in [4.78, 5) is 20.9. The van der Waals surface area contributed by atoms with Gasteiger partial charge in [-0.2, -0.15) is 0 Å². The van der Waals surface area contributed by atoms with Gasteiger partial charge < -0.3 is 9.47 Å². The molecule has 1 rings (SSSR count). The Hall–Kier alpha value is -1.06. The predicted molar refractivity (Wildman–Crippen MR) is 35.7 cm³/mol. The fourth-order valence-electron chi connectivity index (χ4n) is 0.907. The summed E-state index contributed by atoms with van der Waals surface area (Å²) in [7, 11) is 0. The second-order valence-corrected chi connectivity index (χ2v) is 2.56. The van der Waals surface area contributed by atoms with E-state index >= 15 is 0 Å². The molecule has 0 saturated carbocycles. The molecule has 1 aliphatic rings. The van der Waals surface area contributed by atoms with Crippen molar-refractivity contribution in [1.29, 1.82) is 0 Å². The molecule has 0 amide bonds. The monoisotopic (exact) mass is 158 g/mol. The highest BCUT2D eigenvalue weighted by atomic mass is 16.6. The lowest BCUT2D eigenvalue weighted by atomic mass is 10.1. The molecule has 1 atom stereocenters. The summed E-state index contributed by atoms with van der Waals surface area (Å²) in [6.07, 6.45) is 0.368. The van der Waals surface area contributed by atoms with Gasteiger partial charge in [0.1, 0.15) is 0 Å². The molecule has 62 valence electrons. The summed E-state index contributed by atoms with van der Waals surface area (Å²) in [5, 5.41) is 0. The van der Waals surface area contributed by atoms with Gasteiger partial charge in [0.05, 0.1) is 19.6 Å². The molecule has 0 radical (unpaired) electrons. The Kier molecular flexibility index (Phi) is 2.46. The quantitative estimate of drug-likeness (QED) is 0.535. The van der Waals surface area contributed by atoms with Gasteiger partial charge in [-0.05, 0) is 0 Å². The van der Waals surface area contributed by atoms with E-state index in [-0.39, 0.29) is 17.9 Å². The van der Waals surface area contributed by atoms with Crippen molar-refractivity contribution < 1.29 is 19.1 Å². The van der Waals surface area contributed by atoms with E-state index in [0.29, 0.717) is 19.6 Å². The zero-order valence-corrected chi connectivity index (χ0v) is 6.33. The first-order chi connectivity index (χ1) is 5.18. The first-order valence-electron chi connectivity index (χ1n) is 3.47. The van der Waals surface area contributed by atoms with Gasteiger partial charge in [0.15, 0.2) is 0 Å². The Morgan fingerprint density at radius 2 is 2.55 bits per heavy atom. The minimum Gasteiger partial charge on any atom is -0.465 e. The lowest BCUT2D eigenvalue weighted by Gasteiger charge is -2.04. The van der Waals surface area contributed by atoms with Gasteiger partial charge in [0, 0.05) is 12.8 Å². The van der Waals surface area contributed by atoms with E-state index in [1.165, 1.54) is 6.92 Å². The highest BCUT2D eigenvalue weighted by Gasteiger charge is 2.24. The molecule has 0 bridgehead atoms. The van der Waals surface area contributed by atoms with Crippen LogP contribution in [0.15, 0.2) is 0 Å². The van der Waals surface area contributed by atoms with Crippen molar-refractivity contribution in [3.63, 3.8) is 0 Å². The van der Waals surface area contributed by atoms with Crippen molar-refractivity contribution in [2.45, 2.75) is 13.3 Å². The molecular formula is C7H10O4. The van der Waals surface area contributed by atoms with Crippen molar-refractivity contribution >= 4 is 11.9 Å². The van der Waals surface area contributed by atoms with E-state index in [9.17, 15) is 9.59 Å². The SMILES string of the molecule is CC(=O)OCC1COC(=O)C1. The summed E-state index contributed by atoms with van der Waals surface area (Å²) in [5.41, 5.74) is 0. The molecule has 1 fully saturated rings. The Morgan fingerprint density at radius 3 is 3.00 bits per heavy atom. The van der Waals surface area contributed by atoms with E-state index in [1.807, 2.05) is 0 Å². The number of carbonyl (C=O) groups excluding carboxylic acids is 2. The lowest BCUT2D eigenvalue weighted by molar-refractivity contribution is -0.142. The second-order valence-electron chi connectivity index (χ2n) is 2.56. The van der Waals surface area contributed by atoms with Crippen LogP contribution in [0, 0.1) is 5.92 Å². The molecule has 4 heteroatoms. The van der Waals surface area contributed by atoms with Crippen LogP contribution in [0.5, 0.6) is 0 Å². The first-order valence-corrected chi connectivity index (χ1v) is 3.47. The average Bonchev–Trinajstić information content (AvgIpc) is 2.31. The predicted octanol–water partition coefficient (Wildman–Crippen LogP) is 0.113. The van der Waals surface area contributed by atoms with Gasteiger partial charge in [-0.15, -0.1) is 0 Å². The minimum absolute atomic E-state index is 0.0615. The summed E-state index contributed by atoms with van der Waals surface area (Å²) < 4.78 is 9.37. The van der Waals surface area contributed by atoms with Crippen LogP contribution in [-0.2, 0) is 19.1 Å². The van der Waals surface area contributed by atoms with E-state index in [2.05, 4.69) is 4.74 Å². The number of cyclic esters (lactones) is 1. The molecule has 1 unspecified atom stereocenters. The van der Waals surface area contributed by atoms with Crippen molar-refractivity contribution in [3.8, 4) is 0 Å². The average molecular weight is 158 g/mol. The Bertz CT molecular complexity index is 175. The molecule has 1 heterocycles. The number of carbonyl (C=O) groups is 2. The second kappa shape index (κ2) is 3.37. The Balaban J connectivity index is 2.18. The summed E-state index contributed by atoms with van der Waals surface area (Å²) >= 11 is 0. The highest BCUT2D eigenvalue weighted by Crippen LogP contribution is 2.13. The van der Waals surface area contributed by atoms with Crippen LogP contribution < -0.4 is 0 Å². The number of rotatable bonds is 2. The molecule has 0 spiro atoms. The lowest BCUT2D eigenvalue weighted by Crippen LogP contribution is -2.11. The first kappa shape index (κ1) is 8.04. The molecule has 4 nitrogen and oxygen atoms in total. The van der Waals surface area contributed by atoms with Crippen LogP contribution in [0.25, 0.3) is 0 Å². The van der Waals surface area contributed by atoms with Crippen molar-refractivity contribution in [2.24, 2.45) is 5.92 Å². The normalized spacial score (nSPS) is 23.0. The van der Waals surface area contributed by atoms with Gasteiger partial charge >= 0.3 is 11.9 Å². The molecule has 0 aromatic carbocycles. The van der Waals surface area contributed by atoms with Gasteiger partial charge in [0.2, 0.25) is 0 Å². The number of esters is 2. The van der Waals surface area contributed by atoms with Gasteiger partial charge in [0.25, 0.3) is 0 Å². The third-order valence-electron chi connectivity index (χ3n) is 1.46. The largest absolute Gasteiger partial charge is 0.465 e. The zero-order chi connectivity index (χ0) is 8.27. The van der Waals surface area contributed by atoms with E-state index < -0.39 is 0 Å². The van der Waals surface area contributed by atoms with Gasteiger partial charge in [-0.1, -0.05) is 0 Å². The summed E-state index contributed by atoms with van der Waals surface area (Å²) in [6.45, 7) is 2.02. The van der Waals surface area contributed by atoms with Crippen LogP contribution >= 0.6 is 0 Å². The van der Waals surface area contributed by atoms with Crippen LogP contribution in [0.2, 0.25) is 0 Å². The third-order valence-corrected chi connectivity index (χ3v) is 1.46. The Labute approximate surface area is 64.5 Å². The molecule has 0 aromatic rings. The number of ether oxygens (including phenoxy) is 2. The molecule has 11 heavy (non-hydrogen) atoms. The maximum absolute atomic E-state index is 10.5. The number of hydrogen-bond acceptors (Lipinski definition) is 4. The Morgan fingerprint density at radius 1 is 1.82 bits per heavy atom. The maximum atomic E-state index is 10.5. The van der Waals surface area contributed by atoms with E-state index in [0.717, 1.165) is 0 Å². The van der Waals surface area contributed by atoms with Crippen LogP contribution in [0.3, 0.4) is 0 Å². The van der Waals surface area contributed by atoms with Crippen LogP contribution in [-0.4, -0.2) is 25.2 Å². The van der Waals surface area contributed by atoms with E-state index in [1.54, 1.807) is 0 Å². The van der Waals surface area contributed by atoms with Crippen molar-refractivity contribution in [3.05, 3.63) is 0 Å². The van der Waals surface area contributed by atoms with Gasteiger partial charge in [-0.25, -0.2) is 0 Å². The third kappa shape index (κ3) is 2.57. The molecule has 0 N–H and O–H groups in total. The topological polar surface area (TPSA) is 52.6 Å². The van der Waals surface area contributed by atoms with Crippen molar-refractivity contribution in [1.82, 2.24) is 0 Å². The fourth-order valence-corrected chi connectivity index (χ4v) is 0.907. The molecule has 1 aliphatic heterocycles. The summed E-state index contributed by atoms with van der Waals surface area (Å²) in [6, 6.07) is 0. The molecule has 0 aliphatic carbocycles. The van der Waals surface area contributed by atoms with Gasteiger partial charge in [-0.3, -0.25) is 9.59 Å². The highest BCUT2D eigenvalue weighted by molar-refractivity contribution is 5.71. The van der Waals surface area contributed by atoms with Crippen LogP contribution in [0.1, 0.15) is 13.3 Å². The molecule has 0 aromatic heterocycles. The molecular weight excluding hydrogens is 148 g/mol. The van der Waals surface area contributed by atoms with Crippen molar-refractivity contribution in [2.75, 3.05) is 13.2 Å². The van der Waals surface area contributed by atoms with Crippen LogP contribution in [0.4, 0.5) is 0 Å². The fraction of sp³-hybridized carbons (Fsp3) is 0.714. The zero-order valence-electron chi connectivity index (χ0n) is 6.33. The summed E-state index contributed by atoms with van der Waals surface area (Å²) in [5.74, 6) is -0.460. The maximum Gasteiger partial charge on any atom is 0.306 e. The smallest absolute Gasteiger partial charge is 0.306 e. The molecule has 1 saturated heterocycles. The standard InChI is InChI=1S/C7H10O4/c1-5(8)10-3-6-2-7(9)11-4-6/h6H,2-4H2,1H3. The minimum atomic E-state index is -0.315. The van der Waals surface area contributed by atoms with E-state index in [4.69, 9.17) is 4.74 Å². The number of hydrogen-bond donors (Lipinski definition) is 0.